The van der Waals surface area contributed by atoms with Crippen molar-refractivity contribution in [2.24, 2.45) is 5.84 Å². The molecule has 0 bridgehead atoms. The van der Waals surface area contributed by atoms with Gasteiger partial charge in [0.05, 0.1) is 6.04 Å². The van der Waals surface area contributed by atoms with Crippen LogP contribution in [0.25, 0.3) is 0 Å². The van der Waals surface area contributed by atoms with Crippen LogP contribution in [0, 0.1) is 18.6 Å². The Bertz CT molecular complexity index is 596. The van der Waals surface area contributed by atoms with Crippen LogP contribution in [-0.4, -0.2) is 0 Å². The van der Waals surface area contributed by atoms with Crippen LogP contribution in [0.15, 0.2) is 24.3 Å². The summed E-state index contributed by atoms with van der Waals surface area (Å²) < 4.78 is 27.2. The van der Waals surface area contributed by atoms with Gasteiger partial charge in [-0.15, -0.1) is 11.3 Å². The number of rotatable bonds is 5. The van der Waals surface area contributed by atoms with Gasteiger partial charge in [-0.1, -0.05) is 6.92 Å². The van der Waals surface area contributed by atoms with Crippen molar-refractivity contribution >= 4 is 11.3 Å². The van der Waals surface area contributed by atoms with E-state index < -0.39 is 11.6 Å². The van der Waals surface area contributed by atoms with E-state index in [4.69, 9.17) is 5.84 Å². The second kappa shape index (κ2) is 6.43. The molecule has 1 atom stereocenters. The molecule has 5 heteroatoms. The van der Waals surface area contributed by atoms with Crippen molar-refractivity contribution < 1.29 is 8.78 Å². The van der Waals surface area contributed by atoms with Crippen molar-refractivity contribution in [2.75, 3.05) is 0 Å². The lowest BCUT2D eigenvalue weighted by atomic mass is 10.0. The van der Waals surface area contributed by atoms with E-state index in [1.165, 1.54) is 10.9 Å². The molecule has 1 aromatic heterocycles. The van der Waals surface area contributed by atoms with Gasteiger partial charge in [0.1, 0.15) is 11.6 Å². The maximum absolute atomic E-state index is 13.9. The number of hydrazine groups is 1. The van der Waals surface area contributed by atoms with Crippen LogP contribution in [0.5, 0.6) is 0 Å². The summed E-state index contributed by atoms with van der Waals surface area (Å²) in [6, 6.07) is 6.17. The molecular formula is C15H18F2N2S. The van der Waals surface area contributed by atoms with E-state index in [2.05, 4.69) is 18.4 Å². The first-order valence-electron chi connectivity index (χ1n) is 6.54. The summed E-state index contributed by atoms with van der Waals surface area (Å²) in [5.74, 6) is 4.44. The van der Waals surface area contributed by atoms with E-state index in [1.54, 1.807) is 18.3 Å². The van der Waals surface area contributed by atoms with Gasteiger partial charge in [0, 0.05) is 27.8 Å². The lowest BCUT2D eigenvalue weighted by Gasteiger charge is -2.17. The third kappa shape index (κ3) is 3.23. The summed E-state index contributed by atoms with van der Waals surface area (Å²) in [6.07, 6.45) is 1.57. The number of benzene rings is 1. The molecular weight excluding hydrogens is 278 g/mol. The van der Waals surface area contributed by atoms with Crippen molar-refractivity contribution in [2.45, 2.75) is 32.7 Å². The lowest BCUT2D eigenvalue weighted by Crippen LogP contribution is -2.30. The van der Waals surface area contributed by atoms with Crippen LogP contribution >= 0.6 is 11.3 Å². The highest BCUT2D eigenvalue weighted by Crippen LogP contribution is 2.26. The third-order valence-electron chi connectivity index (χ3n) is 3.33. The van der Waals surface area contributed by atoms with Gasteiger partial charge in [0.15, 0.2) is 0 Å². The molecule has 2 nitrogen and oxygen atoms in total. The monoisotopic (exact) mass is 296 g/mol. The van der Waals surface area contributed by atoms with Crippen LogP contribution in [0.2, 0.25) is 0 Å². The average Bonchev–Trinajstić information content (AvgIpc) is 2.88. The molecule has 0 fully saturated rings. The van der Waals surface area contributed by atoms with Gasteiger partial charge < -0.3 is 0 Å². The van der Waals surface area contributed by atoms with Crippen LogP contribution in [0.4, 0.5) is 8.78 Å². The largest absolute Gasteiger partial charge is 0.271 e. The second-order valence-corrected chi connectivity index (χ2v) is 6.02. The Morgan fingerprint density at radius 2 is 1.90 bits per heavy atom. The first-order valence-corrected chi connectivity index (χ1v) is 7.36. The SMILES string of the molecule is CCc1ccc(CC(NN)c2cc(C)c(F)cc2F)s1. The zero-order chi connectivity index (χ0) is 14.7. The Morgan fingerprint density at radius 3 is 2.50 bits per heavy atom. The zero-order valence-electron chi connectivity index (χ0n) is 11.5. The fraction of sp³-hybridized carbons (Fsp3) is 0.333. The van der Waals surface area contributed by atoms with Crippen LogP contribution in [-0.2, 0) is 12.8 Å². The highest BCUT2D eigenvalue weighted by atomic mass is 32.1. The molecule has 0 aliphatic heterocycles. The van der Waals surface area contributed by atoms with Crippen LogP contribution in [0.3, 0.4) is 0 Å². The Hall–Kier alpha value is -1.30. The Balaban J connectivity index is 2.26. The summed E-state index contributed by atoms with van der Waals surface area (Å²) in [5.41, 5.74) is 3.45. The molecule has 2 rings (SSSR count). The molecule has 20 heavy (non-hydrogen) atoms. The summed E-state index contributed by atoms with van der Waals surface area (Å²) in [5, 5.41) is 0. The van der Waals surface area contributed by atoms with Crippen molar-refractivity contribution in [3.8, 4) is 0 Å². The van der Waals surface area contributed by atoms with E-state index >= 15 is 0 Å². The second-order valence-electron chi connectivity index (χ2n) is 4.77. The highest BCUT2D eigenvalue weighted by molar-refractivity contribution is 7.11. The number of hydrogen-bond acceptors (Lipinski definition) is 3. The Labute approximate surface area is 121 Å². The van der Waals surface area contributed by atoms with Crippen molar-refractivity contribution in [3.63, 3.8) is 0 Å². The zero-order valence-corrected chi connectivity index (χ0v) is 12.4. The van der Waals surface area contributed by atoms with Gasteiger partial charge in [-0.25, -0.2) is 8.78 Å². The van der Waals surface area contributed by atoms with Gasteiger partial charge in [0.25, 0.3) is 0 Å². The highest BCUT2D eigenvalue weighted by Gasteiger charge is 2.18. The van der Waals surface area contributed by atoms with E-state index in [-0.39, 0.29) is 6.04 Å². The van der Waals surface area contributed by atoms with Crippen molar-refractivity contribution in [1.29, 1.82) is 0 Å². The molecule has 3 N–H and O–H groups in total. The Kier molecular flexibility index (Phi) is 4.86. The third-order valence-corrected chi connectivity index (χ3v) is 4.58. The molecule has 108 valence electrons. The number of thiophene rings is 1. The quantitative estimate of drug-likeness (QED) is 0.653. The molecule has 0 aliphatic carbocycles. The number of aryl methyl sites for hydroxylation is 2. The van der Waals surface area contributed by atoms with Crippen LogP contribution in [0.1, 0.15) is 33.8 Å². The smallest absolute Gasteiger partial charge is 0.130 e. The fourth-order valence-corrected chi connectivity index (χ4v) is 3.13. The maximum Gasteiger partial charge on any atom is 0.130 e. The first-order chi connectivity index (χ1) is 9.55. The number of halogens is 2. The van der Waals surface area contributed by atoms with Crippen LogP contribution < -0.4 is 11.3 Å². The minimum absolute atomic E-state index is 0.363. The van der Waals surface area contributed by atoms with Crippen molar-refractivity contribution in [1.82, 2.24) is 5.43 Å². The standard InChI is InChI=1S/C15H18F2N2S/c1-3-10-4-5-11(20-10)7-15(19-18)12-6-9(2)13(16)8-14(12)17/h4-6,8,15,19H,3,7,18H2,1-2H3. The minimum atomic E-state index is -0.566. The lowest BCUT2D eigenvalue weighted by molar-refractivity contribution is 0.502. The summed E-state index contributed by atoms with van der Waals surface area (Å²) in [4.78, 5) is 2.41. The predicted molar refractivity (Wildman–Crippen MR) is 78.6 cm³/mol. The molecule has 0 aliphatic rings. The number of nitrogens with one attached hydrogen (secondary N) is 1. The Morgan fingerprint density at radius 1 is 1.20 bits per heavy atom. The molecule has 0 radical (unpaired) electrons. The van der Waals surface area contributed by atoms with Gasteiger partial charge in [-0.2, -0.15) is 0 Å². The van der Waals surface area contributed by atoms with Crippen molar-refractivity contribution in [3.05, 3.63) is 56.8 Å². The van der Waals surface area contributed by atoms with E-state index in [0.29, 0.717) is 17.5 Å². The summed E-state index contributed by atoms with van der Waals surface area (Å²) in [6.45, 7) is 3.71. The summed E-state index contributed by atoms with van der Waals surface area (Å²) >= 11 is 1.69. The molecule has 0 saturated carbocycles. The van der Waals surface area contributed by atoms with Gasteiger partial charge in [0.2, 0.25) is 0 Å². The van der Waals surface area contributed by atoms with E-state index in [9.17, 15) is 8.78 Å². The topological polar surface area (TPSA) is 38.0 Å². The molecule has 2 aromatic rings. The molecule has 0 amide bonds. The first kappa shape index (κ1) is 15.1. The number of nitrogens with two attached hydrogens (primary N) is 1. The van der Waals surface area contributed by atoms with Gasteiger partial charge >= 0.3 is 0 Å². The number of hydrogen-bond donors (Lipinski definition) is 2. The molecule has 1 unspecified atom stereocenters. The maximum atomic E-state index is 13.9. The average molecular weight is 296 g/mol. The predicted octanol–water partition coefficient (Wildman–Crippen LogP) is 3.64. The fourth-order valence-electron chi connectivity index (χ4n) is 2.13. The van der Waals surface area contributed by atoms with E-state index in [0.717, 1.165) is 17.4 Å². The molecule has 1 heterocycles. The minimum Gasteiger partial charge on any atom is -0.271 e. The molecule has 0 saturated heterocycles. The van der Waals surface area contributed by atoms with Gasteiger partial charge in [-0.3, -0.25) is 11.3 Å². The normalized spacial score (nSPS) is 12.7. The summed E-state index contributed by atoms with van der Waals surface area (Å²) in [7, 11) is 0. The molecule has 0 spiro atoms. The van der Waals surface area contributed by atoms with E-state index in [1.807, 2.05) is 6.07 Å². The molecule has 1 aromatic carbocycles. The van der Waals surface area contributed by atoms with Gasteiger partial charge in [-0.05, 0) is 37.1 Å².